The number of pyridine rings is 1. The van der Waals surface area contributed by atoms with Crippen LogP contribution in [0.15, 0.2) is 65.2 Å². The number of fused-ring (bicyclic) bond motifs is 1. The molecule has 2 aromatic heterocycles. The van der Waals surface area contributed by atoms with Gasteiger partial charge in [-0.15, -0.1) is 0 Å². The molecule has 0 atom stereocenters. The summed E-state index contributed by atoms with van der Waals surface area (Å²) in [7, 11) is 0. The highest BCUT2D eigenvalue weighted by Gasteiger charge is 2.13. The molecule has 0 saturated carbocycles. The zero-order valence-electron chi connectivity index (χ0n) is 17.0. The normalized spacial score (nSPS) is 14.7. The molecule has 7 heteroatoms. The van der Waals surface area contributed by atoms with Crippen LogP contribution in [0.3, 0.4) is 0 Å². The van der Waals surface area contributed by atoms with Gasteiger partial charge < -0.3 is 13.9 Å². The van der Waals surface area contributed by atoms with Gasteiger partial charge in [-0.3, -0.25) is 4.90 Å². The van der Waals surface area contributed by atoms with Gasteiger partial charge in [0.1, 0.15) is 18.2 Å². The summed E-state index contributed by atoms with van der Waals surface area (Å²) < 4.78 is 31.3. The Kier molecular flexibility index (Phi) is 5.60. The SMILES string of the molecule is Fc1ccccc1-c1cnc2nc(-c3cccc(OCCN4CCOCC4)c3)oc2c1. The Morgan fingerprint density at radius 1 is 1.00 bits per heavy atom. The van der Waals surface area contributed by atoms with Gasteiger partial charge in [-0.2, -0.15) is 4.98 Å². The van der Waals surface area contributed by atoms with Crippen LogP contribution in [0.25, 0.3) is 33.8 Å². The molecule has 158 valence electrons. The number of oxazole rings is 1. The minimum absolute atomic E-state index is 0.301. The first-order valence-electron chi connectivity index (χ1n) is 10.3. The molecule has 0 radical (unpaired) electrons. The van der Waals surface area contributed by atoms with Gasteiger partial charge in [-0.25, -0.2) is 9.37 Å². The standard InChI is InChI=1S/C24H22FN3O3/c25-21-7-2-1-6-20(21)18-15-22-23(26-16-18)27-24(31-22)17-4-3-5-19(14-17)30-13-10-28-8-11-29-12-9-28/h1-7,14-16H,8-13H2. The zero-order chi connectivity index (χ0) is 21.0. The van der Waals surface area contributed by atoms with Crippen molar-refractivity contribution in [1.82, 2.24) is 14.9 Å². The summed E-state index contributed by atoms with van der Waals surface area (Å²) in [6, 6.07) is 16.0. The van der Waals surface area contributed by atoms with Crippen LogP contribution < -0.4 is 4.74 Å². The highest BCUT2D eigenvalue weighted by atomic mass is 19.1. The number of rotatable bonds is 6. The van der Waals surface area contributed by atoms with Crippen molar-refractivity contribution in [3.63, 3.8) is 0 Å². The van der Waals surface area contributed by atoms with Crippen molar-refractivity contribution in [1.29, 1.82) is 0 Å². The van der Waals surface area contributed by atoms with E-state index in [2.05, 4.69) is 14.9 Å². The molecule has 6 nitrogen and oxygen atoms in total. The van der Waals surface area contributed by atoms with E-state index in [4.69, 9.17) is 13.9 Å². The smallest absolute Gasteiger partial charge is 0.229 e. The summed E-state index contributed by atoms with van der Waals surface area (Å²) >= 11 is 0. The van der Waals surface area contributed by atoms with Crippen LogP contribution in [-0.4, -0.2) is 54.3 Å². The largest absolute Gasteiger partial charge is 0.492 e. The van der Waals surface area contributed by atoms with Crippen LogP contribution in [0, 0.1) is 5.82 Å². The number of morpholine rings is 1. The minimum Gasteiger partial charge on any atom is -0.492 e. The van der Waals surface area contributed by atoms with Gasteiger partial charge in [-0.1, -0.05) is 24.3 Å². The van der Waals surface area contributed by atoms with E-state index in [1.165, 1.54) is 6.07 Å². The molecule has 0 N–H and O–H groups in total. The van der Waals surface area contributed by atoms with Crippen molar-refractivity contribution < 1.29 is 18.3 Å². The molecule has 0 bridgehead atoms. The summed E-state index contributed by atoms with van der Waals surface area (Å²) in [4.78, 5) is 11.2. The van der Waals surface area contributed by atoms with Crippen LogP contribution in [0.2, 0.25) is 0 Å². The van der Waals surface area contributed by atoms with E-state index in [1.54, 1.807) is 30.5 Å². The monoisotopic (exact) mass is 419 g/mol. The van der Waals surface area contributed by atoms with E-state index >= 15 is 0 Å². The van der Waals surface area contributed by atoms with Gasteiger partial charge in [0.15, 0.2) is 11.2 Å². The molecule has 1 saturated heterocycles. The fraction of sp³-hybridized carbons (Fsp3) is 0.250. The molecule has 3 heterocycles. The van der Waals surface area contributed by atoms with Gasteiger partial charge in [0.05, 0.1) is 13.2 Å². The molecule has 1 aliphatic heterocycles. The third kappa shape index (κ3) is 4.42. The summed E-state index contributed by atoms with van der Waals surface area (Å²) in [6.07, 6.45) is 1.61. The lowest BCUT2D eigenvalue weighted by Crippen LogP contribution is -2.38. The maximum atomic E-state index is 14.1. The fourth-order valence-corrected chi connectivity index (χ4v) is 3.62. The summed E-state index contributed by atoms with van der Waals surface area (Å²) in [6.45, 7) is 4.89. The highest BCUT2D eigenvalue weighted by Crippen LogP contribution is 2.29. The Labute approximate surface area is 179 Å². The van der Waals surface area contributed by atoms with Gasteiger partial charge in [-0.05, 0) is 30.3 Å². The number of hydrogen-bond acceptors (Lipinski definition) is 6. The number of aromatic nitrogens is 2. The molecule has 31 heavy (non-hydrogen) atoms. The minimum atomic E-state index is -0.301. The zero-order valence-corrected chi connectivity index (χ0v) is 17.0. The molecule has 0 unspecified atom stereocenters. The molecule has 0 spiro atoms. The van der Waals surface area contributed by atoms with E-state index in [1.807, 2.05) is 24.3 Å². The van der Waals surface area contributed by atoms with Crippen molar-refractivity contribution in [2.45, 2.75) is 0 Å². The summed E-state index contributed by atoms with van der Waals surface area (Å²) in [5.41, 5.74) is 2.91. The Hall–Kier alpha value is -3.29. The number of halogens is 1. The Balaban J connectivity index is 1.33. The third-order valence-corrected chi connectivity index (χ3v) is 5.29. The average Bonchev–Trinajstić information content (AvgIpc) is 3.24. The quantitative estimate of drug-likeness (QED) is 0.462. The number of ether oxygens (including phenoxy) is 2. The van der Waals surface area contributed by atoms with Crippen molar-refractivity contribution in [3.8, 4) is 28.3 Å². The van der Waals surface area contributed by atoms with Crippen molar-refractivity contribution >= 4 is 11.2 Å². The Bertz CT molecular complexity index is 1190. The van der Waals surface area contributed by atoms with Crippen LogP contribution in [0.1, 0.15) is 0 Å². The highest BCUT2D eigenvalue weighted by molar-refractivity contribution is 5.78. The molecule has 0 amide bonds. The maximum absolute atomic E-state index is 14.1. The molecule has 0 aliphatic carbocycles. The number of hydrogen-bond donors (Lipinski definition) is 0. The second-order valence-corrected chi connectivity index (χ2v) is 7.37. The predicted molar refractivity (Wildman–Crippen MR) is 115 cm³/mol. The molecule has 2 aromatic carbocycles. The van der Waals surface area contributed by atoms with E-state index in [0.29, 0.717) is 34.9 Å². The Morgan fingerprint density at radius 3 is 2.74 bits per heavy atom. The molecule has 4 aromatic rings. The van der Waals surface area contributed by atoms with Crippen LogP contribution in [0.5, 0.6) is 5.75 Å². The predicted octanol–water partition coefficient (Wildman–Crippen LogP) is 4.41. The lowest BCUT2D eigenvalue weighted by molar-refractivity contribution is 0.0322. The molecule has 5 rings (SSSR count). The number of benzene rings is 2. The van der Waals surface area contributed by atoms with E-state index < -0.39 is 0 Å². The van der Waals surface area contributed by atoms with Crippen molar-refractivity contribution in [2.75, 3.05) is 39.5 Å². The van der Waals surface area contributed by atoms with E-state index in [9.17, 15) is 4.39 Å². The summed E-state index contributed by atoms with van der Waals surface area (Å²) in [5, 5.41) is 0. The first-order valence-corrected chi connectivity index (χ1v) is 10.3. The van der Waals surface area contributed by atoms with E-state index in [0.717, 1.165) is 44.2 Å². The molecule has 1 aliphatic rings. The second-order valence-electron chi connectivity index (χ2n) is 7.37. The first-order chi connectivity index (χ1) is 15.3. The van der Waals surface area contributed by atoms with Crippen molar-refractivity contribution in [3.05, 3.63) is 66.6 Å². The van der Waals surface area contributed by atoms with Gasteiger partial charge in [0, 0.05) is 42.5 Å². The van der Waals surface area contributed by atoms with Crippen molar-refractivity contribution in [2.24, 2.45) is 0 Å². The van der Waals surface area contributed by atoms with Gasteiger partial charge >= 0.3 is 0 Å². The number of nitrogens with zero attached hydrogens (tertiary/aromatic N) is 3. The van der Waals surface area contributed by atoms with Crippen LogP contribution in [0.4, 0.5) is 4.39 Å². The Morgan fingerprint density at radius 2 is 1.87 bits per heavy atom. The molecule has 1 fully saturated rings. The average molecular weight is 419 g/mol. The van der Waals surface area contributed by atoms with E-state index in [-0.39, 0.29) is 5.82 Å². The van der Waals surface area contributed by atoms with Gasteiger partial charge in [0.2, 0.25) is 5.89 Å². The third-order valence-electron chi connectivity index (χ3n) is 5.29. The topological polar surface area (TPSA) is 60.6 Å². The first kappa shape index (κ1) is 19.7. The van der Waals surface area contributed by atoms with Gasteiger partial charge in [0.25, 0.3) is 0 Å². The molecular formula is C24H22FN3O3. The van der Waals surface area contributed by atoms with Crippen LogP contribution in [-0.2, 0) is 4.74 Å². The maximum Gasteiger partial charge on any atom is 0.229 e. The lowest BCUT2D eigenvalue weighted by atomic mass is 10.1. The lowest BCUT2D eigenvalue weighted by Gasteiger charge is -2.26. The second kappa shape index (κ2) is 8.83. The van der Waals surface area contributed by atoms with Crippen LogP contribution >= 0.6 is 0 Å². The summed E-state index contributed by atoms with van der Waals surface area (Å²) in [5.74, 6) is 0.908. The molecular weight excluding hydrogens is 397 g/mol. The fourth-order valence-electron chi connectivity index (χ4n) is 3.62.